The van der Waals surface area contributed by atoms with E-state index in [1.165, 1.54) is 17.0 Å². The first-order valence-electron chi connectivity index (χ1n) is 14.0. The fourth-order valence-electron chi connectivity index (χ4n) is 4.59. The maximum atomic E-state index is 14.8. The minimum absolute atomic E-state index is 0.0219. The van der Waals surface area contributed by atoms with Gasteiger partial charge < -0.3 is 39.4 Å². The summed E-state index contributed by atoms with van der Waals surface area (Å²) in [4.78, 5) is 66.0. The molecule has 2 fully saturated rings. The number of anilines is 3. The number of benzene rings is 2. The highest BCUT2D eigenvalue weighted by Crippen LogP contribution is 2.27. The Hall–Kier alpha value is -4.56. The third-order valence-electron chi connectivity index (χ3n) is 6.53. The van der Waals surface area contributed by atoms with Crippen LogP contribution in [0.3, 0.4) is 0 Å². The van der Waals surface area contributed by atoms with Gasteiger partial charge in [0.25, 0.3) is 17.7 Å². The van der Waals surface area contributed by atoms with Gasteiger partial charge in [0, 0.05) is 49.2 Å². The van der Waals surface area contributed by atoms with Crippen molar-refractivity contribution in [3.05, 3.63) is 53.8 Å². The molecule has 2 aromatic carbocycles. The quantitative estimate of drug-likeness (QED) is 0.427. The van der Waals surface area contributed by atoms with E-state index < -0.39 is 47.5 Å². The lowest BCUT2D eigenvalue weighted by molar-refractivity contribution is -0.167. The van der Waals surface area contributed by atoms with Crippen molar-refractivity contribution in [2.75, 3.05) is 48.0 Å². The molecular weight excluding hydrogens is 579 g/mol. The number of amides is 4. The van der Waals surface area contributed by atoms with E-state index in [4.69, 9.17) is 18.9 Å². The fourth-order valence-corrected chi connectivity index (χ4v) is 4.59. The van der Waals surface area contributed by atoms with Crippen LogP contribution in [-0.2, 0) is 44.7 Å². The van der Waals surface area contributed by atoms with E-state index in [0.29, 0.717) is 24.5 Å². The summed E-state index contributed by atoms with van der Waals surface area (Å²) in [6.45, 7) is 6.88. The van der Waals surface area contributed by atoms with Gasteiger partial charge in [0.05, 0.1) is 13.2 Å². The van der Waals surface area contributed by atoms with Crippen LogP contribution in [0.2, 0.25) is 0 Å². The van der Waals surface area contributed by atoms with Gasteiger partial charge in [-0.1, -0.05) is 12.1 Å². The molecule has 0 spiro atoms. The first-order chi connectivity index (χ1) is 20.8. The number of hydrogen-bond acceptors (Lipinski definition) is 9. The van der Waals surface area contributed by atoms with Gasteiger partial charge in [-0.25, -0.2) is 9.18 Å². The van der Waals surface area contributed by atoms with E-state index in [1.807, 2.05) is 0 Å². The topological polar surface area (TPSA) is 153 Å². The predicted octanol–water partition coefficient (Wildman–Crippen LogP) is 2.52. The van der Waals surface area contributed by atoms with Crippen molar-refractivity contribution in [1.29, 1.82) is 0 Å². The lowest BCUT2D eigenvalue weighted by atomic mass is 10.1. The minimum atomic E-state index is -1.69. The molecule has 14 heteroatoms. The molecule has 4 rings (SSSR count). The normalized spacial score (nSPS) is 18.0. The van der Waals surface area contributed by atoms with Crippen LogP contribution < -0.4 is 20.4 Å². The summed E-state index contributed by atoms with van der Waals surface area (Å²) in [6.07, 6.45) is -3.90. The van der Waals surface area contributed by atoms with E-state index in [2.05, 4.69) is 10.6 Å². The second kappa shape index (κ2) is 13.8. The van der Waals surface area contributed by atoms with Crippen LogP contribution in [0.1, 0.15) is 33.3 Å². The molecule has 2 saturated heterocycles. The maximum absolute atomic E-state index is 14.8. The standard InChI is InChI=1S/C30H35FN4O9/c1-18(36)43-25(27(38)33-20-9-8-19(23(31)14-20)16-32-29(40)44-30(2,3)4)26-28(39)35(11-13-42-26)22-7-5-6-21(15-22)34-10-12-41-17-24(34)37/h5-9,14-15,25-26H,10-13,16-17H2,1-4H3,(H,32,40)(H,33,38)/t25-,26-/m1/s1. The highest BCUT2D eigenvalue weighted by Gasteiger charge is 2.43. The number of halogens is 1. The van der Waals surface area contributed by atoms with Gasteiger partial charge in [-0.2, -0.15) is 0 Å². The highest BCUT2D eigenvalue weighted by molar-refractivity contribution is 6.05. The fraction of sp³-hybridized carbons (Fsp3) is 0.433. The lowest BCUT2D eigenvalue weighted by Gasteiger charge is -2.35. The Labute approximate surface area is 253 Å². The molecule has 0 aliphatic carbocycles. The zero-order chi connectivity index (χ0) is 32.0. The van der Waals surface area contributed by atoms with Gasteiger partial charge in [-0.15, -0.1) is 0 Å². The Morgan fingerprint density at radius 2 is 1.75 bits per heavy atom. The van der Waals surface area contributed by atoms with Crippen LogP contribution in [0.15, 0.2) is 42.5 Å². The molecule has 0 saturated carbocycles. The monoisotopic (exact) mass is 614 g/mol. The van der Waals surface area contributed by atoms with Crippen molar-refractivity contribution < 1.29 is 47.3 Å². The number of nitrogens with one attached hydrogen (secondary N) is 2. The Balaban J connectivity index is 1.47. The van der Waals surface area contributed by atoms with Gasteiger partial charge >= 0.3 is 12.1 Å². The van der Waals surface area contributed by atoms with Crippen LogP contribution >= 0.6 is 0 Å². The van der Waals surface area contributed by atoms with Crippen molar-refractivity contribution in [1.82, 2.24) is 5.32 Å². The van der Waals surface area contributed by atoms with Crippen LogP contribution in [0.5, 0.6) is 0 Å². The number of carbonyl (C=O) groups excluding carboxylic acids is 5. The van der Waals surface area contributed by atoms with Gasteiger partial charge in [0.15, 0.2) is 6.10 Å². The van der Waals surface area contributed by atoms with E-state index in [1.54, 1.807) is 49.9 Å². The molecule has 13 nitrogen and oxygen atoms in total. The van der Waals surface area contributed by atoms with Crippen molar-refractivity contribution >= 4 is 46.8 Å². The molecule has 236 valence electrons. The van der Waals surface area contributed by atoms with Crippen LogP contribution in [0.25, 0.3) is 0 Å². The molecule has 0 radical (unpaired) electrons. The first-order valence-corrected chi connectivity index (χ1v) is 14.0. The van der Waals surface area contributed by atoms with Crippen LogP contribution in [0.4, 0.5) is 26.2 Å². The predicted molar refractivity (Wildman–Crippen MR) is 155 cm³/mol. The molecule has 0 unspecified atom stereocenters. The summed E-state index contributed by atoms with van der Waals surface area (Å²) in [5.74, 6) is -3.32. The molecule has 2 heterocycles. The second-order valence-electron chi connectivity index (χ2n) is 11.1. The number of hydrogen-bond donors (Lipinski definition) is 2. The average molecular weight is 615 g/mol. The molecule has 2 N–H and O–H groups in total. The molecule has 2 atom stereocenters. The van der Waals surface area contributed by atoms with E-state index in [0.717, 1.165) is 13.0 Å². The number of esters is 1. The molecule has 0 aromatic heterocycles. The number of rotatable bonds is 8. The van der Waals surface area contributed by atoms with Crippen molar-refractivity contribution in [3.8, 4) is 0 Å². The zero-order valence-corrected chi connectivity index (χ0v) is 24.9. The number of morpholine rings is 2. The Bertz CT molecular complexity index is 1430. The smallest absolute Gasteiger partial charge is 0.407 e. The average Bonchev–Trinajstić information content (AvgIpc) is 2.95. The number of nitrogens with zero attached hydrogens (tertiary/aromatic N) is 2. The second-order valence-corrected chi connectivity index (χ2v) is 11.1. The molecule has 2 aliphatic heterocycles. The molecule has 2 aromatic rings. The van der Waals surface area contributed by atoms with E-state index in [9.17, 15) is 28.4 Å². The van der Waals surface area contributed by atoms with Crippen molar-refractivity contribution in [3.63, 3.8) is 0 Å². The Kier molecular flexibility index (Phi) is 10.2. The summed E-state index contributed by atoms with van der Waals surface area (Å²) in [7, 11) is 0. The third-order valence-corrected chi connectivity index (χ3v) is 6.53. The summed E-state index contributed by atoms with van der Waals surface area (Å²) in [5.41, 5.74) is 0.470. The Morgan fingerprint density at radius 3 is 2.41 bits per heavy atom. The minimum Gasteiger partial charge on any atom is -0.449 e. The Morgan fingerprint density at radius 1 is 1.05 bits per heavy atom. The molecule has 4 amide bonds. The zero-order valence-electron chi connectivity index (χ0n) is 24.9. The largest absolute Gasteiger partial charge is 0.449 e. The van der Waals surface area contributed by atoms with E-state index in [-0.39, 0.29) is 43.5 Å². The molecule has 0 bridgehead atoms. The summed E-state index contributed by atoms with van der Waals surface area (Å²) in [5, 5.41) is 4.92. The van der Waals surface area contributed by atoms with Crippen LogP contribution in [-0.4, -0.2) is 80.5 Å². The van der Waals surface area contributed by atoms with Gasteiger partial charge in [-0.05, 0) is 51.1 Å². The number of alkyl carbamates (subject to hydrolysis) is 1. The summed E-state index contributed by atoms with van der Waals surface area (Å²) < 4.78 is 36.0. The number of ether oxygens (including phenoxy) is 4. The van der Waals surface area contributed by atoms with Crippen molar-refractivity contribution in [2.45, 2.75) is 52.0 Å². The molecule has 44 heavy (non-hydrogen) atoms. The van der Waals surface area contributed by atoms with Crippen molar-refractivity contribution in [2.24, 2.45) is 0 Å². The SMILES string of the molecule is CC(=O)O[C@@H](C(=O)Nc1ccc(CNC(=O)OC(C)(C)C)c(F)c1)[C@H]1OCCN(c2cccc(N3CCOCC3=O)c2)C1=O. The first kappa shape index (κ1) is 32.4. The lowest BCUT2D eigenvalue weighted by Crippen LogP contribution is -2.56. The number of carbonyl (C=O) groups is 5. The highest BCUT2D eigenvalue weighted by atomic mass is 19.1. The van der Waals surface area contributed by atoms with E-state index >= 15 is 0 Å². The summed E-state index contributed by atoms with van der Waals surface area (Å²) in [6, 6.07) is 10.6. The van der Waals surface area contributed by atoms with Gasteiger partial charge in [0.2, 0.25) is 6.10 Å². The molecule has 2 aliphatic rings. The third kappa shape index (κ3) is 8.29. The maximum Gasteiger partial charge on any atom is 0.407 e. The van der Waals surface area contributed by atoms with Gasteiger partial charge in [-0.3, -0.25) is 19.2 Å². The summed E-state index contributed by atoms with van der Waals surface area (Å²) >= 11 is 0. The molecular formula is C30H35FN4O9. The van der Waals surface area contributed by atoms with Crippen LogP contribution in [0, 0.1) is 5.82 Å². The van der Waals surface area contributed by atoms with Gasteiger partial charge in [0.1, 0.15) is 18.0 Å².